The summed E-state index contributed by atoms with van der Waals surface area (Å²) in [5, 5.41) is 5.67. The molecule has 0 atom stereocenters. The van der Waals surface area contributed by atoms with Gasteiger partial charge in [0.1, 0.15) is 5.76 Å². The Morgan fingerprint density at radius 3 is 2.00 bits per heavy atom. The minimum Gasteiger partial charge on any atom is -0.467 e. The van der Waals surface area contributed by atoms with Crippen LogP contribution in [-0.4, -0.2) is 11.8 Å². The quantitative estimate of drug-likeness (QED) is 0.717. The van der Waals surface area contributed by atoms with E-state index in [4.69, 9.17) is 4.42 Å². The lowest BCUT2D eigenvalue weighted by Crippen LogP contribution is -2.24. The summed E-state index contributed by atoms with van der Waals surface area (Å²) in [6.45, 7) is 2.80. The highest BCUT2D eigenvalue weighted by Crippen LogP contribution is 2.09. The number of aryl methyl sites for hydroxylation is 1. The summed E-state index contributed by atoms with van der Waals surface area (Å²) in [7, 11) is 0. The fourth-order valence-electron chi connectivity index (χ4n) is 2.54. The van der Waals surface area contributed by atoms with Crippen LogP contribution < -0.4 is 10.6 Å². The Hall–Kier alpha value is -3.34. The maximum Gasteiger partial charge on any atom is 0.251 e. The van der Waals surface area contributed by atoms with Crippen molar-refractivity contribution < 1.29 is 14.0 Å². The Morgan fingerprint density at radius 1 is 0.808 bits per heavy atom. The Balaban J connectivity index is 1.55. The van der Waals surface area contributed by atoms with E-state index in [0.717, 1.165) is 11.1 Å². The van der Waals surface area contributed by atoms with Crippen molar-refractivity contribution in [2.24, 2.45) is 0 Å². The molecular weight excluding hydrogens is 328 g/mol. The van der Waals surface area contributed by atoms with Crippen molar-refractivity contribution in [1.82, 2.24) is 10.6 Å². The van der Waals surface area contributed by atoms with Crippen LogP contribution in [-0.2, 0) is 13.1 Å². The van der Waals surface area contributed by atoms with E-state index < -0.39 is 0 Å². The molecule has 0 unspecified atom stereocenters. The van der Waals surface area contributed by atoms with E-state index in [2.05, 4.69) is 10.6 Å². The lowest BCUT2D eigenvalue weighted by atomic mass is 10.1. The van der Waals surface area contributed by atoms with Crippen molar-refractivity contribution in [3.8, 4) is 0 Å². The van der Waals surface area contributed by atoms with E-state index in [0.29, 0.717) is 30.0 Å². The molecule has 2 N–H and O–H groups in total. The zero-order valence-corrected chi connectivity index (χ0v) is 14.5. The predicted octanol–water partition coefficient (Wildman–Crippen LogP) is 3.45. The van der Waals surface area contributed by atoms with Gasteiger partial charge in [-0.2, -0.15) is 0 Å². The molecule has 3 aromatic rings. The Bertz CT molecular complexity index is 884. The predicted molar refractivity (Wildman–Crippen MR) is 98.7 cm³/mol. The van der Waals surface area contributed by atoms with Crippen LogP contribution in [0.1, 0.15) is 37.6 Å². The zero-order valence-electron chi connectivity index (χ0n) is 14.5. The molecule has 5 nitrogen and oxygen atoms in total. The molecule has 0 saturated carbocycles. The first-order valence-electron chi connectivity index (χ1n) is 8.37. The highest BCUT2D eigenvalue weighted by Gasteiger charge is 2.09. The van der Waals surface area contributed by atoms with Gasteiger partial charge in [0.2, 0.25) is 0 Å². The average molecular weight is 348 g/mol. The van der Waals surface area contributed by atoms with Crippen molar-refractivity contribution in [2.45, 2.75) is 20.0 Å². The monoisotopic (exact) mass is 348 g/mol. The van der Waals surface area contributed by atoms with Gasteiger partial charge in [0.15, 0.2) is 0 Å². The summed E-state index contributed by atoms with van der Waals surface area (Å²) in [6, 6.07) is 18.1. The minimum atomic E-state index is -0.215. The van der Waals surface area contributed by atoms with Gasteiger partial charge in [0, 0.05) is 17.7 Å². The van der Waals surface area contributed by atoms with Crippen molar-refractivity contribution in [1.29, 1.82) is 0 Å². The van der Waals surface area contributed by atoms with E-state index in [-0.39, 0.29) is 11.8 Å². The van der Waals surface area contributed by atoms with E-state index in [1.807, 2.05) is 31.2 Å². The second kappa shape index (κ2) is 8.16. The van der Waals surface area contributed by atoms with Gasteiger partial charge in [-0.15, -0.1) is 0 Å². The molecule has 1 heterocycles. The molecule has 132 valence electrons. The number of amides is 2. The van der Waals surface area contributed by atoms with Crippen LogP contribution in [0.15, 0.2) is 71.3 Å². The molecule has 0 spiro atoms. The molecule has 5 heteroatoms. The molecule has 26 heavy (non-hydrogen) atoms. The van der Waals surface area contributed by atoms with Gasteiger partial charge in [0.05, 0.1) is 12.8 Å². The number of furan rings is 1. The van der Waals surface area contributed by atoms with Gasteiger partial charge in [-0.1, -0.05) is 24.3 Å². The average Bonchev–Trinajstić information content (AvgIpc) is 3.19. The first kappa shape index (κ1) is 17.5. The van der Waals surface area contributed by atoms with Gasteiger partial charge in [-0.3, -0.25) is 9.59 Å². The second-order valence-electron chi connectivity index (χ2n) is 5.95. The molecule has 0 aliphatic heterocycles. The smallest absolute Gasteiger partial charge is 0.251 e. The van der Waals surface area contributed by atoms with Gasteiger partial charge in [-0.05, 0) is 54.4 Å². The van der Waals surface area contributed by atoms with Crippen LogP contribution >= 0.6 is 0 Å². The summed E-state index contributed by atoms with van der Waals surface area (Å²) in [5.41, 5.74) is 3.22. The lowest BCUT2D eigenvalue weighted by molar-refractivity contribution is 0.0937. The zero-order chi connectivity index (χ0) is 18.4. The third-order valence-electron chi connectivity index (χ3n) is 4.11. The summed E-state index contributed by atoms with van der Waals surface area (Å²) in [6.07, 6.45) is 1.56. The number of hydrogen-bond acceptors (Lipinski definition) is 3. The van der Waals surface area contributed by atoms with E-state index in [9.17, 15) is 9.59 Å². The molecule has 2 aromatic carbocycles. The SMILES string of the molecule is Cc1ccccc1CNC(=O)c1ccc(C(=O)NCc2ccco2)cc1. The Morgan fingerprint density at radius 2 is 1.42 bits per heavy atom. The number of carbonyl (C=O) groups excluding carboxylic acids is 2. The summed E-state index contributed by atoms with van der Waals surface area (Å²) >= 11 is 0. The maximum atomic E-state index is 12.3. The summed E-state index contributed by atoms with van der Waals surface area (Å²) in [5.74, 6) is 0.301. The van der Waals surface area contributed by atoms with Crippen LogP contribution in [0.4, 0.5) is 0 Å². The second-order valence-corrected chi connectivity index (χ2v) is 5.95. The first-order valence-corrected chi connectivity index (χ1v) is 8.37. The van der Waals surface area contributed by atoms with E-state index in [1.165, 1.54) is 0 Å². The van der Waals surface area contributed by atoms with Gasteiger partial charge in [-0.25, -0.2) is 0 Å². The topological polar surface area (TPSA) is 71.3 Å². The molecule has 2 amide bonds. The van der Waals surface area contributed by atoms with Gasteiger partial charge < -0.3 is 15.1 Å². The molecular formula is C21H20N2O3. The molecule has 0 fully saturated rings. The molecule has 0 bridgehead atoms. The van der Waals surface area contributed by atoms with Crippen molar-refractivity contribution in [2.75, 3.05) is 0 Å². The molecule has 0 saturated heterocycles. The van der Waals surface area contributed by atoms with E-state index in [1.54, 1.807) is 42.7 Å². The van der Waals surface area contributed by atoms with Crippen LogP contribution in [0.5, 0.6) is 0 Å². The van der Waals surface area contributed by atoms with E-state index >= 15 is 0 Å². The normalized spacial score (nSPS) is 10.3. The summed E-state index contributed by atoms with van der Waals surface area (Å²) < 4.78 is 5.17. The fourth-order valence-corrected chi connectivity index (χ4v) is 2.54. The fraction of sp³-hybridized carbons (Fsp3) is 0.143. The third-order valence-corrected chi connectivity index (χ3v) is 4.11. The van der Waals surface area contributed by atoms with Gasteiger partial charge >= 0.3 is 0 Å². The highest BCUT2D eigenvalue weighted by atomic mass is 16.3. The summed E-state index contributed by atoms with van der Waals surface area (Å²) in [4.78, 5) is 24.4. The molecule has 0 radical (unpaired) electrons. The molecule has 0 aliphatic carbocycles. The number of hydrogen-bond donors (Lipinski definition) is 2. The number of nitrogens with one attached hydrogen (secondary N) is 2. The Kier molecular flexibility index (Phi) is 5.49. The molecule has 1 aromatic heterocycles. The van der Waals surface area contributed by atoms with Crippen LogP contribution in [0.25, 0.3) is 0 Å². The van der Waals surface area contributed by atoms with Crippen molar-refractivity contribution >= 4 is 11.8 Å². The number of carbonyl (C=O) groups is 2. The third kappa shape index (κ3) is 4.39. The number of rotatable bonds is 6. The standard InChI is InChI=1S/C21H20N2O3/c1-15-5-2-3-6-18(15)13-22-20(24)16-8-10-17(11-9-16)21(25)23-14-19-7-4-12-26-19/h2-12H,13-14H2,1H3,(H,22,24)(H,23,25). The first-order chi connectivity index (χ1) is 12.6. The maximum absolute atomic E-state index is 12.3. The van der Waals surface area contributed by atoms with Gasteiger partial charge in [0.25, 0.3) is 11.8 Å². The minimum absolute atomic E-state index is 0.171. The van der Waals surface area contributed by atoms with Crippen LogP contribution in [0.3, 0.4) is 0 Å². The molecule has 0 aliphatic rings. The lowest BCUT2D eigenvalue weighted by Gasteiger charge is -2.08. The largest absolute Gasteiger partial charge is 0.467 e. The molecule has 3 rings (SSSR count). The van der Waals surface area contributed by atoms with Crippen LogP contribution in [0, 0.1) is 6.92 Å². The number of benzene rings is 2. The van der Waals surface area contributed by atoms with Crippen LogP contribution in [0.2, 0.25) is 0 Å². The highest BCUT2D eigenvalue weighted by molar-refractivity contribution is 5.97. The Labute approximate surface area is 152 Å². The van der Waals surface area contributed by atoms with Crippen molar-refractivity contribution in [3.05, 3.63) is 94.9 Å². The van der Waals surface area contributed by atoms with Crippen molar-refractivity contribution in [3.63, 3.8) is 0 Å².